The number of rotatable bonds is 4. The summed E-state index contributed by atoms with van der Waals surface area (Å²) in [7, 11) is 0. The lowest BCUT2D eigenvalue weighted by atomic mass is 10.2. The Bertz CT molecular complexity index is 452. The van der Waals surface area contributed by atoms with E-state index in [-0.39, 0.29) is 18.4 Å². The number of carbonyl (C=O) groups is 1. The van der Waals surface area contributed by atoms with Crippen LogP contribution >= 0.6 is 15.9 Å². The summed E-state index contributed by atoms with van der Waals surface area (Å²) in [5, 5.41) is 11.1. The number of amides is 1. The molecule has 4 nitrogen and oxygen atoms in total. The second-order valence-corrected chi connectivity index (χ2v) is 4.61. The Balaban J connectivity index is 2.90. The van der Waals surface area contributed by atoms with Crippen LogP contribution in [0.1, 0.15) is 20.3 Å². The second-order valence-electron chi connectivity index (χ2n) is 3.69. The predicted molar refractivity (Wildman–Crippen MR) is 68.8 cm³/mol. The molecule has 0 spiro atoms. The number of nitriles is 1. The highest BCUT2D eigenvalue weighted by Gasteiger charge is 2.09. The van der Waals surface area contributed by atoms with Gasteiger partial charge in [0.1, 0.15) is 12.2 Å². The maximum Gasteiger partial charge on any atom is 0.238 e. The third-order valence-electron chi connectivity index (χ3n) is 1.82. The molecular formula is C12H13BrN2O2. The van der Waals surface area contributed by atoms with Crippen LogP contribution in [0.4, 0.5) is 5.69 Å². The van der Waals surface area contributed by atoms with Crippen LogP contribution in [-0.4, -0.2) is 12.0 Å². The molecule has 0 atom stereocenters. The largest absolute Gasteiger partial charge is 0.489 e. The van der Waals surface area contributed by atoms with E-state index in [2.05, 4.69) is 21.2 Å². The summed E-state index contributed by atoms with van der Waals surface area (Å²) in [4.78, 5) is 11.3. The van der Waals surface area contributed by atoms with Crippen molar-refractivity contribution in [2.45, 2.75) is 26.4 Å². The molecule has 90 valence electrons. The van der Waals surface area contributed by atoms with Crippen molar-refractivity contribution in [2.75, 3.05) is 5.32 Å². The lowest BCUT2D eigenvalue weighted by Gasteiger charge is -2.14. The highest BCUT2D eigenvalue weighted by Crippen LogP contribution is 2.29. The Hall–Kier alpha value is -1.54. The summed E-state index contributed by atoms with van der Waals surface area (Å²) in [6.07, 6.45) is -0.159. The third kappa shape index (κ3) is 4.45. The van der Waals surface area contributed by atoms with E-state index < -0.39 is 0 Å². The van der Waals surface area contributed by atoms with Gasteiger partial charge in [0.15, 0.2) is 0 Å². The van der Waals surface area contributed by atoms with Gasteiger partial charge in [-0.15, -0.1) is 0 Å². The fraction of sp³-hybridized carbons (Fsp3) is 0.333. The molecule has 0 fully saturated rings. The number of anilines is 1. The number of ether oxygens (including phenoxy) is 1. The lowest BCUT2D eigenvalue weighted by Crippen LogP contribution is -2.13. The van der Waals surface area contributed by atoms with Crippen molar-refractivity contribution >= 4 is 27.5 Å². The highest BCUT2D eigenvalue weighted by molar-refractivity contribution is 9.10. The van der Waals surface area contributed by atoms with E-state index >= 15 is 0 Å². The topological polar surface area (TPSA) is 62.1 Å². The van der Waals surface area contributed by atoms with Crippen LogP contribution in [0.5, 0.6) is 5.75 Å². The molecular weight excluding hydrogens is 284 g/mol. The van der Waals surface area contributed by atoms with Gasteiger partial charge in [0, 0.05) is 4.47 Å². The molecule has 1 rings (SSSR count). The Morgan fingerprint density at radius 2 is 2.29 bits per heavy atom. The summed E-state index contributed by atoms with van der Waals surface area (Å²) in [6.45, 7) is 3.81. The van der Waals surface area contributed by atoms with E-state index in [0.29, 0.717) is 11.4 Å². The van der Waals surface area contributed by atoms with Gasteiger partial charge in [-0.1, -0.05) is 15.9 Å². The Morgan fingerprint density at radius 3 is 2.88 bits per heavy atom. The number of carbonyl (C=O) groups excluding carboxylic acids is 1. The van der Waals surface area contributed by atoms with E-state index in [0.717, 1.165) is 4.47 Å². The summed E-state index contributed by atoms with van der Waals surface area (Å²) < 4.78 is 6.44. The first-order valence-corrected chi connectivity index (χ1v) is 5.95. The smallest absolute Gasteiger partial charge is 0.238 e. The van der Waals surface area contributed by atoms with Crippen LogP contribution in [-0.2, 0) is 4.79 Å². The molecule has 0 saturated carbocycles. The van der Waals surface area contributed by atoms with Crippen LogP contribution in [0.3, 0.4) is 0 Å². The van der Waals surface area contributed by atoms with Gasteiger partial charge >= 0.3 is 0 Å². The molecule has 0 radical (unpaired) electrons. The maximum atomic E-state index is 11.3. The number of nitrogens with zero attached hydrogens (tertiary/aromatic N) is 1. The molecule has 0 aliphatic carbocycles. The molecule has 1 N–H and O–H groups in total. The van der Waals surface area contributed by atoms with E-state index in [1.807, 2.05) is 13.8 Å². The van der Waals surface area contributed by atoms with Crippen LogP contribution in [0.25, 0.3) is 0 Å². The van der Waals surface area contributed by atoms with Crippen molar-refractivity contribution in [1.29, 1.82) is 5.26 Å². The summed E-state index contributed by atoms with van der Waals surface area (Å²) in [5.41, 5.74) is 0.571. The predicted octanol–water partition coefficient (Wildman–Crippen LogP) is 3.09. The van der Waals surface area contributed by atoms with Gasteiger partial charge in [-0.25, -0.2) is 0 Å². The van der Waals surface area contributed by atoms with Crippen molar-refractivity contribution in [1.82, 2.24) is 0 Å². The minimum absolute atomic E-state index is 0.0101. The van der Waals surface area contributed by atoms with E-state index in [1.54, 1.807) is 24.3 Å². The van der Waals surface area contributed by atoms with Gasteiger partial charge in [0.05, 0.1) is 17.9 Å². The normalized spacial score (nSPS) is 9.82. The number of halogens is 1. The molecule has 5 heteroatoms. The third-order valence-corrected chi connectivity index (χ3v) is 2.31. The Labute approximate surface area is 109 Å². The second kappa shape index (κ2) is 6.26. The fourth-order valence-electron chi connectivity index (χ4n) is 1.22. The van der Waals surface area contributed by atoms with Gasteiger partial charge in [0.2, 0.25) is 5.91 Å². The average molecular weight is 297 g/mol. The van der Waals surface area contributed by atoms with E-state index in [9.17, 15) is 4.79 Å². The maximum absolute atomic E-state index is 11.3. The molecule has 0 unspecified atom stereocenters. The van der Waals surface area contributed by atoms with Crippen molar-refractivity contribution in [3.63, 3.8) is 0 Å². The van der Waals surface area contributed by atoms with Crippen LogP contribution in [0.15, 0.2) is 22.7 Å². The molecule has 0 aromatic heterocycles. The number of nitrogens with one attached hydrogen (secondary N) is 1. The molecule has 0 saturated heterocycles. The van der Waals surface area contributed by atoms with Gasteiger partial charge in [-0.05, 0) is 32.0 Å². The Kier molecular flexibility index (Phi) is 4.98. The zero-order chi connectivity index (χ0) is 12.8. The zero-order valence-electron chi connectivity index (χ0n) is 9.66. The van der Waals surface area contributed by atoms with Crippen molar-refractivity contribution in [2.24, 2.45) is 0 Å². The first-order chi connectivity index (χ1) is 8.02. The lowest BCUT2D eigenvalue weighted by molar-refractivity contribution is -0.115. The monoisotopic (exact) mass is 296 g/mol. The highest BCUT2D eigenvalue weighted by atomic mass is 79.9. The first kappa shape index (κ1) is 13.5. The number of hydrogen-bond donors (Lipinski definition) is 1. The van der Waals surface area contributed by atoms with Crippen LogP contribution in [0.2, 0.25) is 0 Å². The molecule has 0 aliphatic rings. The van der Waals surface area contributed by atoms with E-state index in [4.69, 9.17) is 10.00 Å². The summed E-state index contributed by atoms with van der Waals surface area (Å²) in [5.74, 6) is 0.240. The van der Waals surface area contributed by atoms with Crippen LogP contribution in [0, 0.1) is 11.3 Å². The van der Waals surface area contributed by atoms with Crippen molar-refractivity contribution in [3.05, 3.63) is 22.7 Å². The summed E-state index contributed by atoms with van der Waals surface area (Å²) >= 11 is 3.34. The van der Waals surface area contributed by atoms with Gasteiger partial charge in [-0.2, -0.15) is 5.26 Å². The van der Waals surface area contributed by atoms with Crippen molar-refractivity contribution in [3.8, 4) is 11.8 Å². The zero-order valence-corrected chi connectivity index (χ0v) is 11.2. The summed E-state index contributed by atoms with van der Waals surface area (Å²) in [6, 6.07) is 7.11. The van der Waals surface area contributed by atoms with E-state index in [1.165, 1.54) is 0 Å². The minimum atomic E-state index is -0.344. The fourth-order valence-corrected chi connectivity index (χ4v) is 1.56. The standard InChI is InChI=1S/C12H13BrN2O2/c1-8(2)17-11-7-9(13)3-4-10(11)15-12(16)5-6-14/h3-4,7-8H,5H2,1-2H3,(H,15,16). The molecule has 0 heterocycles. The molecule has 0 aliphatic heterocycles. The van der Waals surface area contributed by atoms with Gasteiger partial charge in [-0.3, -0.25) is 4.79 Å². The molecule has 1 amide bonds. The molecule has 1 aromatic carbocycles. The first-order valence-electron chi connectivity index (χ1n) is 5.16. The van der Waals surface area contributed by atoms with Crippen LogP contribution < -0.4 is 10.1 Å². The van der Waals surface area contributed by atoms with Gasteiger partial charge < -0.3 is 10.1 Å². The average Bonchev–Trinajstić information content (AvgIpc) is 2.21. The molecule has 1 aromatic rings. The minimum Gasteiger partial charge on any atom is -0.489 e. The quantitative estimate of drug-likeness (QED) is 0.929. The van der Waals surface area contributed by atoms with Gasteiger partial charge in [0.25, 0.3) is 0 Å². The van der Waals surface area contributed by atoms with Crippen molar-refractivity contribution < 1.29 is 9.53 Å². The SMILES string of the molecule is CC(C)Oc1cc(Br)ccc1NC(=O)CC#N. The molecule has 17 heavy (non-hydrogen) atoms. The number of benzene rings is 1. The molecule has 0 bridgehead atoms. The number of hydrogen-bond acceptors (Lipinski definition) is 3. The Morgan fingerprint density at radius 1 is 1.59 bits per heavy atom.